The summed E-state index contributed by atoms with van der Waals surface area (Å²) in [4.78, 5) is 35.5. The van der Waals surface area contributed by atoms with E-state index in [1.165, 1.54) is 35.7 Å². The summed E-state index contributed by atoms with van der Waals surface area (Å²) in [5.41, 5.74) is -0.281. The van der Waals surface area contributed by atoms with Crippen molar-refractivity contribution in [3.05, 3.63) is 33.2 Å². The van der Waals surface area contributed by atoms with Crippen LogP contribution in [-0.4, -0.2) is 40.0 Å². The van der Waals surface area contributed by atoms with Crippen LogP contribution in [0.2, 0.25) is 0 Å². The van der Waals surface area contributed by atoms with E-state index in [4.69, 9.17) is 5.11 Å². The molecular formula is C12H15BrN2O4. The number of hydrogen-bond donors (Lipinski definition) is 1. The Morgan fingerprint density at radius 2 is 2.11 bits per heavy atom. The SMILES string of the molecule is CC(CN(C)C(=O)Cn1cc(Br)ccc1=O)C(=O)O. The van der Waals surface area contributed by atoms with Crippen molar-refractivity contribution in [2.24, 2.45) is 5.92 Å². The van der Waals surface area contributed by atoms with Crippen LogP contribution in [0.5, 0.6) is 0 Å². The maximum absolute atomic E-state index is 11.9. The van der Waals surface area contributed by atoms with Crippen LogP contribution >= 0.6 is 15.9 Å². The van der Waals surface area contributed by atoms with Crippen LogP contribution in [-0.2, 0) is 16.1 Å². The number of rotatable bonds is 5. The van der Waals surface area contributed by atoms with E-state index in [9.17, 15) is 14.4 Å². The molecule has 0 aromatic carbocycles. The Labute approximate surface area is 118 Å². The Hall–Kier alpha value is -1.63. The first-order chi connectivity index (χ1) is 8.81. The molecule has 1 unspecified atom stereocenters. The number of carbonyl (C=O) groups excluding carboxylic acids is 1. The molecular weight excluding hydrogens is 316 g/mol. The van der Waals surface area contributed by atoms with Crippen molar-refractivity contribution in [1.29, 1.82) is 0 Å². The van der Waals surface area contributed by atoms with Crippen LogP contribution in [0.4, 0.5) is 0 Å². The minimum atomic E-state index is -0.959. The van der Waals surface area contributed by atoms with E-state index in [0.29, 0.717) is 4.47 Å². The highest BCUT2D eigenvalue weighted by Crippen LogP contribution is 2.05. The molecule has 104 valence electrons. The number of aromatic nitrogens is 1. The van der Waals surface area contributed by atoms with Crippen LogP contribution in [0.15, 0.2) is 27.6 Å². The monoisotopic (exact) mass is 330 g/mol. The maximum Gasteiger partial charge on any atom is 0.308 e. The largest absolute Gasteiger partial charge is 0.481 e. The van der Waals surface area contributed by atoms with Gasteiger partial charge < -0.3 is 14.6 Å². The molecule has 0 spiro atoms. The molecule has 6 nitrogen and oxygen atoms in total. The van der Waals surface area contributed by atoms with E-state index in [2.05, 4.69) is 15.9 Å². The van der Waals surface area contributed by atoms with E-state index in [1.807, 2.05) is 0 Å². The number of amides is 1. The molecule has 0 aliphatic heterocycles. The highest BCUT2D eigenvalue weighted by atomic mass is 79.9. The first-order valence-corrected chi connectivity index (χ1v) is 6.43. The molecule has 0 aliphatic rings. The number of likely N-dealkylation sites (N-methyl/N-ethyl adjacent to an activating group) is 1. The summed E-state index contributed by atoms with van der Waals surface area (Å²) in [6.45, 7) is 1.52. The molecule has 1 aromatic heterocycles. The lowest BCUT2D eigenvalue weighted by Gasteiger charge is -2.20. The van der Waals surface area contributed by atoms with Crippen molar-refractivity contribution >= 4 is 27.8 Å². The number of carbonyl (C=O) groups is 2. The number of carboxylic acids is 1. The Morgan fingerprint density at radius 1 is 1.47 bits per heavy atom. The Bertz CT molecular complexity index is 541. The van der Waals surface area contributed by atoms with Gasteiger partial charge in [0.15, 0.2) is 0 Å². The van der Waals surface area contributed by atoms with Crippen LogP contribution in [0.1, 0.15) is 6.92 Å². The molecule has 19 heavy (non-hydrogen) atoms. The van der Waals surface area contributed by atoms with E-state index in [0.717, 1.165) is 0 Å². The molecule has 0 bridgehead atoms. The third kappa shape index (κ3) is 4.51. The molecule has 0 fully saturated rings. The van der Waals surface area contributed by atoms with Gasteiger partial charge in [0.2, 0.25) is 5.91 Å². The minimum absolute atomic E-state index is 0.108. The van der Waals surface area contributed by atoms with E-state index < -0.39 is 11.9 Å². The number of halogens is 1. The second kappa shape index (κ2) is 6.51. The lowest BCUT2D eigenvalue weighted by atomic mass is 10.2. The number of pyridine rings is 1. The second-order valence-electron chi connectivity index (χ2n) is 4.33. The van der Waals surface area contributed by atoms with Crippen molar-refractivity contribution in [2.45, 2.75) is 13.5 Å². The predicted octanol–water partition coefficient (Wildman–Crippen LogP) is 0.790. The average molecular weight is 331 g/mol. The Balaban J connectivity index is 2.71. The Morgan fingerprint density at radius 3 is 2.68 bits per heavy atom. The summed E-state index contributed by atoms with van der Waals surface area (Å²) < 4.78 is 1.97. The molecule has 1 amide bonds. The summed E-state index contributed by atoms with van der Waals surface area (Å²) in [5.74, 6) is -1.92. The first-order valence-electron chi connectivity index (χ1n) is 5.64. The van der Waals surface area contributed by atoms with Gasteiger partial charge in [-0.15, -0.1) is 0 Å². The van der Waals surface area contributed by atoms with Gasteiger partial charge in [-0.2, -0.15) is 0 Å². The smallest absolute Gasteiger partial charge is 0.308 e. The summed E-state index contributed by atoms with van der Waals surface area (Å²) in [6, 6.07) is 2.96. The van der Waals surface area contributed by atoms with Crippen molar-refractivity contribution in [2.75, 3.05) is 13.6 Å². The molecule has 0 aliphatic carbocycles. The molecule has 1 rings (SSSR count). The molecule has 1 N–H and O–H groups in total. The molecule has 1 heterocycles. The molecule has 0 radical (unpaired) electrons. The fourth-order valence-corrected chi connectivity index (χ4v) is 1.86. The molecule has 0 saturated carbocycles. The minimum Gasteiger partial charge on any atom is -0.481 e. The fraction of sp³-hybridized carbons (Fsp3) is 0.417. The fourth-order valence-electron chi connectivity index (χ4n) is 1.48. The zero-order chi connectivity index (χ0) is 14.6. The summed E-state index contributed by atoms with van der Waals surface area (Å²) in [6.07, 6.45) is 1.52. The maximum atomic E-state index is 11.9. The number of carboxylic acid groups (broad SMARTS) is 1. The first kappa shape index (κ1) is 15.4. The lowest BCUT2D eigenvalue weighted by Crippen LogP contribution is -2.37. The summed E-state index contributed by atoms with van der Waals surface area (Å²) in [5, 5.41) is 8.78. The number of hydrogen-bond acceptors (Lipinski definition) is 3. The topological polar surface area (TPSA) is 79.6 Å². The van der Waals surface area contributed by atoms with Crippen molar-refractivity contribution in [1.82, 2.24) is 9.47 Å². The molecule has 1 aromatic rings. The van der Waals surface area contributed by atoms with Crippen molar-refractivity contribution < 1.29 is 14.7 Å². The van der Waals surface area contributed by atoms with Gasteiger partial charge >= 0.3 is 5.97 Å². The van der Waals surface area contributed by atoms with Crippen LogP contribution in [0.3, 0.4) is 0 Å². The van der Waals surface area contributed by atoms with Gasteiger partial charge in [0.25, 0.3) is 5.56 Å². The molecule has 0 saturated heterocycles. The van der Waals surface area contributed by atoms with Crippen LogP contribution < -0.4 is 5.56 Å². The van der Waals surface area contributed by atoms with Crippen molar-refractivity contribution in [3.8, 4) is 0 Å². The van der Waals surface area contributed by atoms with Gasteiger partial charge in [-0.3, -0.25) is 14.4 Å². The quantitative estimate of drug-likeness (QED) is 0.865. The third-order valence-electron chi connectivity index (χ3n) is 2.65. The number of nitrogens with zero attached hydrogens (tertiary/aromatic N) is 2. The van der Waals surface area contributed by atoms with Gasteiger partial charge in [-0.05, 0) is 22.0 Å². The predicted molar refractivity (Wildman–Crippen MR) is 72.8 cm³/mol. The van der Waals surface area contributed by atoms with Gasteiger partial charge in [-0.25, -0.2) is 0 Å². The number of aliphatic carboxylic acids is 1. The zero-order valence-electron chi connectivity index (χ0n) is 10.7. The summed E-state index contributed by atoms with van der Waals surface area (Å²) >= 11 is 3.22. The van der Waals surface area contributed by atoms with Gasteiger partial charge in [-0.1, -0.05) is 6.92 Å². The standard InChI is InChI=1S/C12H15BrN2O4/c1-8(12(18)19)5-14(2)11(17)7-15-6-9(13)3-4-10(15)16/h3-4,6,8H,5,7H2,1-2H3,(H,18,19). The van der Waals surface area contributed by atoms with E-state index in [1.54, 1.807) is 6.07 Å². The molecule has 1 atom stereocenters. The average Bonchev–Trinajstić information content (AvgIpc) is 2.33. The van der Waals surface area contributed by atoms with Crippen LogP contribution in [0.25, 0.3) is 0 Å². The van der Waals surface area contributed by atoms with Gasteiger partial charge in [0, 0.05) is 30.3 Å². The normalized spacial score (nSPS) is 11.9. The highest BCUT2D eigenvalue weighted by Gasteiger charge is 2.17. The zero-order valence-corrected chi connectivity index (χ0v) is 12.3. The van der Waals surface area contributed by atoms with Gasteiger partial charge in [0.1, 0.15) is 6.54 Å². The van der Waals surface area contributed by atoms with Crippen molar-refractivity contribution in [3.63, 3.8) is 0 Å². The van der Waals surface area contributed by atoms with Crippen LogP contribution in [0, 0.1) is 5.92 Å². The van der Waals surface area contributed by atoms with Gasteiger partial charge in [0.05, 0.1) is 5.92 Å². The second-order valence-corrected chi connectivity index (χ2v) is 5.24. The van der Waals surface area contributed by atoms with E-state index in [-0.39, 0.29) is 24.6 Å². The molecule has 7 heteroatoms. The third-order valence-corrected chi connectivity index (χ3v) is 3.12. The highest BCUT2D eigenvalue weighted by molar-refractivity contribution is 9.10. The lowest BCUT2D eigenvalue weighted by molar-refractivity contribution is -0.142. The Kier molecular flexibility index (Phi) is 5.29. The summed E-state index contributed by atoms with van der Waals surface area (Å²) in [7, 11) is 1.52. The van der Waals surface area contributed by atoms with E-state index >= 15 is 0 Å².